The zero-order valence-electron chi connectivity index (χ0n) is 17.6. The van der Waals surface area contributed by atoms with Gasteiger partial charge < -0.3 is 10.1 Å². The summed E-state index contributed by atoms with van der Waals surface area (Å²) < 4.78 is 5.98. The van der Waals surface area contributed by atoms with Gasteiger partial charge in [0.25, 0.3) is 5.91 Å². The molecule has 1 N–H and O–H groups in total. The second kappa shape index (κ2) is 9.77. The van der Waals surface area contributed by atoms with Gasteiger partial charge in [0, 0.05) is 18.5 Å². The van der Waals surface area contributed by atoms with Crippen molar-refractivity contribution >= 4 is 16.7 Å². The monoisotopic (exact) mass is 402 g/mol. The third-order valence-electron chi connectivity index (χ3n) is 5.74. The zero-order valence-corrected chi connectivity index (χ0v) is 17.6. The maximum absolute atomic E-state index is 12.6. The summed E-state index contributed by atoms with van der Waals surface area (Å²) in [6.07, 6.45) is 3.38. The highest BCUT2D eigenvalue weighted by Crippen LogP contribution is 2.26. The lowest BCUT2D eigenvalue weighted by molar-refractivity contribution is -0.127. The molecule has 4 nitrogen and oxygen atoms in total. The van der Waals surface area contributed by atoms with Crippen LogP contribution >= 0.6 is 0 Å². The van der Waals surface area contributed by atoms with Crippen LogP contribution in [0.2, 0.25) is 0 Å². The molecule has 3 aromatic carbocycles. The maximum Gasteiger partial charge on any atom is 0.261 e. The Morgan fingerprint density at radius 3 is 2.57 bits per heavy atom. The van der Waals surface area contributed by atoms with Gasteiger partial charge in [0.2, 0.25) is 0 Å². The third kappa shape index (κ3) is 5.19. The van der Waals surface area contributed by atoms with Crippen molar-refractivity contribution in [3.05, 3.63) is 77.9 Å². The van der Waals surface area contributed by atoms with E-state index in [1.807, 2.05) is 42.5 Å². The average molecular weight is 403 g/mol. The molecule has 1 amide bonds. The van der Waals surface area contributed by atoms with Gasteiger partial charge in [-0.15, -0.1) is 0 Å². The minimum Gasteiger partial charge on any atom is -0.480 e. The van der Waals surface area contributed by atoms with Gasteiger partial charge in [-0.2, -0.15) is 0 Å². The van der Waals surface area contributed by atoms with Crippen molar-refractivity contribution in [1.82, 2.24) is 10.2 Å². The predicted octanol–water partition coefficient (Wildman–Crippen LogP) is 4.91. The maximum atomic E-state index is 12.6. The fraction of sp³-hybridized carbons (Fsp3) is 0.346. The minimum atomic E-state index is -0.563. The largest absolute Gasteiger partial charge is 0.480 e. The Hall–Kier alpha value is -2.85. The molecule has 0 aliphatic carbocycles. The van der Waals surface area contributed by atoms with Crippen LogP contribution in [0.25, 0.3) is 10.8 Å². The average Bonchev–Trinajstić information content (AvgIpc) is 2.78. The second-order valence-electron chi connectivity index (χ2n) is 8.11. The molecule has 0 saturated carbocycles. The summed E-state index contributed by atoms with van der Waals surface area (Å²) in [6, 6.07) is 22.5. The normalized spacial score (nSPS) is 15.6. The van der Waals surface area contributed by atoms with Gasteiger partial charge in [0.1, 0.15) is 5.75 Å². The van der Waals surface area contributed by atoms with Crippen molar-refractivity contribution in [2.75, 3.05) is 13.1 Å². The first kappa shape index (κ1) is 20.4. The highest BCUT2D eigenvalue weighted by Gasteiger charge is 2.16. The molecule has 30 heavy (non-hydrogen) atoms. The highest BCUT2D eigenvalue weighted by molar-refractivity contribution is 5.89. The topological polar surface area (TPSA) is 41.6 Å². The van der Waals surface area contributed by atoms with Crippen molar-refractivity contribution in [1.29, 1.82) is 0 Å². The van der Waals surface area contributed by atoms with Crippen LogP contribution in [-0.2, 0) is 17.9 Å². The summed E-state index contributed by atoms with van der Waals surface area (Å²) in [7, 11) is 0. The predicted molar refractivity (Wildman–Crippen MR) is 121 cm³/mol. The first-order valence-electron chi connectivity index (χ1n) is 10.9. The van der Waals surface area contributed by atoms with Gasteiger partial charge in [0.05, 0.1) is 0 Å². The molecule has 0 radical (unpaired) electrons. The molecule has 1 heterocycles. The number of hydrogen-bond donors (Lipinski definition) is 1. The molecule has 1 fully saturated rings. The van der Waals surface area contributed by atoms with Gasteiger partial charge in [-0.3, -0.25) is 9.69 Å². The number of piperidine rings is 1. The number of ether oxygens (including phenoxy) is 1. The second-order valence-corrected chi connectivity index (χ2v) is 8.11. The number of nitrogens with zero attached hydrogens (tertiary/aromatic N) is 1. The number of fused-ring (bicyclic) bond motifs is 1. The molecule has 3 aromatic rings. The Kier molecular flexibility index (Phi) is 6.65. The fourth-order valence-electron chi connectivity index (χ4n) is 4.09. The van der Waals surface area contributed by atoms with Crippen LogP contribution in [-0.4, -0.2) is 30.0 Å². The molecule has 1 aliphatic rings. The van der Waals surface area contributed by atoms with Crippen LogP contribution < -0.4 is 10.1 Å². The van der Waals surface area contributed by atoms with Gasteiger partial charge >= 0.3 is 0 Å². The van der Waals surface area contributed by atoms with E-state index in [0.29, 0.717) is 6.54 Å². The zero-order chi connectivity index (χ0) is 20.8. The number of benzene rings is 3. The first-order chi connectivity index (χ1) is 14.7. The molecule has 1 aliphatic heterocycles. The molecule has 0 spiro atoms. The van der Waals surface area contributed by atoms with E-state index < -0.39 is 6.10 Å². The van der Waals surface area contributed by atoms with Crippen LogP contribution in [0, 0.1) is 0 Å². The Balaban J connectivity index is 1.33. The summed E-state index contributed by atoms with van der Waals surface area (Å²) in [5.74, 6) is 0.628. The number of carbonyl (C=O) groups excluding carboxylic acids is 1. The SMILES string of the molecule is CC(Oc1cccc2ccccc12)C(=O)NCc1cccc(CN2CCCCC2)c1. The number of amides is 1. The van der Waals surface area contributed by atoms with E-state index in [-0.39, 0.29) is 5.91 Å². The smallest absolute Gasteiger partial charge is 0.261 e. The lowest BCUT2D eigenvalue weighted by Crippen LogP contribution is -2.36. The van der Waals surface area contributed by atoms with E-state index >= 15 is 0 Å². The molecule has 4 heteroatoms. The van der Waals surface area contributed by atoms with Crippen LogP contribution in [0.1, 0.15) is 37.3 Å². The lowest BCUT2D eigenvalue weighted by Gasteiger charge is -2.26. The standard InChI is InChI=1S/C26H30N2O2/c1-20(30-25-14-8-12-23-11-3-4-13-24(23)25)26(29)27-18-21-9-7-10-22(17-21)19-28-15-5-2-6-16-28/h3-4,7-14,17,20H,2,5-6,15-16,18-19H2,1H3,(H,27,29). The Labute approximate surface area is 178 Å². The van der Waals surface area contributed by atoms with Crippen molar-refractivity contribution in [3.63, 3.8) is 0 Å². The quantitative estimate of drug-likeness (QED) is 0.611. The van der Waals surface area contributed by atoms with E-state index in [1.54, 1.807) is 6.92 Å². The van der Waals surface area contributed by atoms with Crippen LogP contribution in [0.4, 0.5) is 0 Å². The van der Waals surface area contributed by atoms with Crippen LogP contribution in [0.3, 0.4) is 0 Å². The first-order valence-corrected chi connectivity index (χ1v) is 10.9. The molecule has 0 aromatic heterocycles. The van der Waals surface area contributed by atoms with E-state index in [1.165, 1.54) is 37.9 Å². The van der Waals surface area contributed by atoms with Crippen LogP contribution in [0.5, 0.6) is 5.75 Å². The van der Waals surface area contributed by atoms with Crippen molar-refractivity contribution < 1.29 is 9.53 Å². The number of nitrogens with one attached hydrogen (secondary N) is 1. The van der Waals surface area contributed by atoms with E-state index in [2.05, 4.69) is 34.5 Å². The van der Waals surface area contributed by atoms with Crippen molar-refractivity contribution in [3.8, 4) is 5.75 Å². The van der Waals surface area contributed by atoms with Crippen LogP contribution in [0.15, 0.2) is 66.7 Å². The fourth-order valence-corrected chi connectivity index (χ4v) is 4.09. The lowest BCUT2D eigenvalue weighted by atomic mass is 10.1. The van der Waals surface area contributed by atoms with E-state index in [9.17, 15) is 4.79 Å². The molecule has 1 unspecified atom stereocenters. The molecule has 156 valence electrons. The number of carbonyl (C=O) groups is 1. The van der Waals surface area contributed by atoms with Gasteiger partial charge in [-0.1, -0.05) is 67.1 Å². The molecule has 1 saturated heterocycles. The van der Waals surface area contributed by atoms with Crippen molar-refractivity contribution in [2.24, 2.45) is 0 Å². The number of likely N-dealkylation sites (tertiary alicyclic amines) is 1. The Morgan fingerprint density at radius 1 is 0.967 bits per heavy atom. The third-order valence-corrected chi connectivity index (χ3v) is 5.74. The highest BCUT2D eigenvalue weighted by atomic mass is 16.5. The van der Waals surface area contributed by atoms with Crippen molar-refractivity contribution in [2.45, 2.75) is 45.4 Å². The van der Waals surface area contributed by atoms with E-state index in [0.717, 1.165) is 28.6 Å². The molecular weight excluding hydrogens is 372 g/mol. The molecular formula is C26H30N2O2. The molecule has 0 bridgehead atoms. The summed E-state index contributed by atoms with van der Waals surface area (Å²) in [4.78, 5) is 15.1. The number of hydrogen-bond acceptors (Lipinski definition) is 3. The minimum absolute atomic E-state index is 0.107. The summed E-state index contributed by atoms with van der Waals surface area (Å²) in [6.45, 7) is 5.66. The summed E-state index contributed by atoms with van der Waals surface area (Å²) in [5, 5.41) is 5.14. The molecule has 4 rings (SSSR count). The van der Waals surface area contributed by atoms with Gasteiger partial charge in [-0.05, 0) is 55.4 Å². The van der Waals surface area contributed by atoms with Gasteiger partial charge in [-0.25, -0.2) is 0 Å². The summed E-state index contributed by atoms with van der Waals surface area (Å²) in [5.41, 5.74) is 2.43. The number of rotatable bonds is 7. The van der Waals surface area contributed by atoms with E-state index in [4.69, 9.17) is 4.74 Å². The summed E-state index contributed by atoms with van der Waals surface area (Å²) >= 11 is 0. The Morgan fingerprint density at radius 2 is 1.70 bits per heavy atom. The van der Waals surface area contributed by atoms with Gasteiger partial charge in [0.15, 0.2) is 6.10 Å². The molecule has 1 atom stereocenters. The Bertz CT molecular complexity index is 990.